The van der Waals surface area contributed by atoms with Crippen molar-refractivity contribution in [3.05, 3.63) is 17.0 Å². The van der Waals surface area contributed by atoms with Crippen molar-refractivity contribution in [2.45, 2.75) is 52.4 Å². The number of aryl methyl sites for hydroxylation is 2. The van der Waals surface area contributed by atoms with Gasteiger partial charge in [0.2, 0.25) is 11.8 Å². The molecule has 24 heavy (non-hydrogen) atoms. The second kappa shape index (κ2) is 6.57. The molecule has 2 aliphatic rings. The van der Waals surface area contributed by atoms with Gasteiger partial charge >= 0.3 is 0 Å². The van der Waals surface area contributed by atoms with Crippen LogP contribution in [-0.4, -0.2) is 58.5 Å². The van der Waals surface area contributed by atoms with E-state index in [2.05, 4.69) is 10.2 Å². The third kappa shape index (κ3) is 3.32. The number of carbonyl (C=O) groups excluding carboxylic acids is 2. The molecule has 132 valence electrons. The zero-order chi connectivity index (χ0) is 17.3. The van der Waals surface area contributed by atoms with E-state index in [4.69, 9.17) is 0 Å². The normalized spacial score (nSPS) is 21.2. The van der Waals surface area contributed by atoms with Crippen LogP contribution in [0.1, 0.15) is 49.1 Å². The minimum absolute atomic E-state index is 0.194. The van der Waals surface area contributed by atoms with Gasteiger partial charge in [0.1, 0.15) is 0 Å². The summed E-state index contributed by atoms with van der Waals surface area (Å²) in [6.07, 6.45) is 5.15. The van der Waals surface area contributed by atoms with Crippen molar-refractivity contribution in [3.63, 3.8) is 0 Å². The van der Waals surface area contributed by atoms with Gasteiger partial charge in [-0.05, 0) is 44.9 Å². The molecule has 0 unspecified atom stereocenters. The van der Waals surface area contributed by atoms with Gasteiger partial charge in [-0.1, -0.05) is 0 Å². The van der Waals surface area contributed by atoms with Crippen molar-refractivity contribution >= 4 is 11.8 Å². The third-order valence-electron chi connectivity index (χ3n) is 6.06. The highest BCUT2D eigenvalue weighted by atomic mass is 16.2. The first-order valence-corrected chi connectivity index (χ1v) is 8.92. The molecule has 1 aromatic rings. The molecule has 0 aliphatic carbocycles. The standard InChI is InChI=1S/C18H28N4O2/c1-13-15(14(2)20-19-13)12-17(24)22-10-7-18(8-11-22)5-4-16(23)21(3)9-6-18/h4-12H2,1-3H3,(H,19,20). The summed E-state index contributed by atoms with van der Waals surface area (Å²) in [5, 5.41) is 7.12. The largest absolute Gasteiger partial charge is 0.346 e. The number of rotatable bonds is 2. The molecule has 2 fully saturated rings. The number of hydrogen-bond acceptors (Lipinski definition) is 3. The van der Waals surface area contributed by atoms with Crippen LogP contribution < -0.4 is 0 Å². The molecule has 6 nitrogen and oxygen atoms in total. The van der Waals surface area contributed by atoms with Crippen LogP contribution in [-0.2, 0) is 16.0 Å². The van der Waals surface area contributed by atoms with E-state index in [9.17, 15) is 9.59 Å². The van der Waals surface area contributed by atoms with Gasteiger partial charge in [-0.25, -0.2) is 0 Å². The predicted molar refractivity (Wildman–Crippen MR) is 91.5 cm³/mol. The maximum Gasteiger partial charge on any atom is 0.227 e. The molecule has 0 bridgehead atoms. The first-order valence-electron chi connectivity index (χ1n) is 8.92. The van der Waals surface area contributed by atoms with E-state index in [1.165, 1.54) is 0 Å². The average molecular weight is 332 g/mol. The molecule has 1 N–H and O–H groups in total. The summed E-state index contributed by atoms with van der Waals surface area (Å²) in [5.74, 6) is 0.454. The van der Waals surface area contributed by atoms with Crippen LogP contribution in [0.3, 0.4) is 0 Å². The quantitative estimate of drug-likeness (QED) is 0.898. The van der Waals surface area contributed by atoms with Gasteiger partial charge in [0.05, 0.1) is 12.1 Å². The van der Waals surface area contributed by atoms with Gasteiger partial charge in [0.15, 0.2) is 0 Å². The Bertz CT molecular complexity index is 609. The number of aromatic amines is 1. The van der Waals surface area contributed by atoms with Crippen molar-refractivity contribution in [2.24, 2.45) is 5.41 Å². The Morgan fingerprint density at radius 1 is 1.17 bits per heavy atom. The lowest BCUT2D eigenvalue weighted by molar-refractivity contribution is -0.133. The minimum atomic E-state index is 0.194. The van der Waals surface area contributed by atoms with Crippen molar-refractivity contribution in [3.8, 4) is 0 Å². The summed E-state index contributed by atoms with van der Waals surface area (Å²) in [7, 11) is 1.90. The van der Waals surface area contributed by atoms with Crippen molar-refractivity contribution in [1.29, 1.82) is 0 Å². The lowest BCUT2D eigenvalue weighted by Crippen LogP contribution is -2.44. The van der Waals surface area contributed by atoms with E-state index in [1.54, 1.807) is 0 Å². The van der Waals surface area contributed by atoms with Crippen LogP contribution in [0.25, 0.3) is 0 Å². The lowest BCUT2D eigenvalue weighted by atomic mass is 9.73. The summed E-state index contributed by atoms with van der Waals surface area (Å²) in [6.45, 7) is 6.38. The van der Waals surface area contributed by atoms with E-state index in [1.807, 2.05) is 30.7 Å². The van der Waals surface area contributed by atoms with Crippen LogP contribution in [0.15, 0.2) is 0 Å². The number of nitrogens with zero attached hydrogens (tertiary/aromatic N) is 3. The Morgan fingerprint density at radius 3 is 2.46 bits per heavy atom. The van der Waals surface area contributed by atoms with Crippen LogP contribution in [0.2, 0.25) is 0 Å². The summed E-state index contributed by atoms with van der Waals surface area (Å²) in [5.41, 5.74) is 3.18. The molecule has 0 aromatic carbocycles. The topological polar surface area (TPSA) is 69.3 Å². The first-order chi connectivity index (χ1) is 11.4. The Labute approximate surface area is 143 Å². The molecule has 0 saturated carbocycles. The third-order valence-corrected chi connectivity index (χ3v) is 6.06. The summed E-state index contributed by atoms with van der Waals surface area (Å²) in [4.78, 5) is 28.4. The van der Waals surface area contributed by atoms with Crippen LogP contribution in [0.4, 0.5) is 0 Å². The van der Waals surface area contributed by atoms with Crippen LogP contribution in [0.5, 0.6) is 0 Å². The van der Waals surface area contributed by atoms with Crippen molar-refractivity contribution in [1.82, 2.24) is 20.0 Å². The van der Waals surface area contributed by atoms with Crippen molar-refractivity contribution < 1.29 is 9.59 Å². The van der Waals surface area contributed by atoms with E-state index in [0.717, 1.165) is 62.3 Å². The Balaban J connectivity index is 1.58. The van der Waals surface area contributed by atoms with Gasteiger partial charge in [-0.3, -0.25) is 14.7 Å². The molecule has 0 radical (unpaired) electrons. The van der Waals surface area contributed by atoms with E-state index < -0.39 is 0 Å². The SMILES string of the molecule is Cc1n[nH]c(C)c1CC(=O)N1CCC2(CCC(=O)N(C)CC2)CC1. The zero-order valence-corrected chi connectivity index (χ0v) is 15.0. The molecule has 2 saturated heterocycles. The molecular formula is C18H28N4O2. The lowest BCUT2D eigenvalue weighted by Gasteiger charge is -2.41. The monoisotopic (exact) mass is 332 g/mol. The molecule has 1 spiro atoms. The molecule has 6 heteroatoms. The molecule has 1 aromatic heterocycles. The predicted octanol–water partition coefficient (Wildman–Crippen LogP) is 1.82. The van der Waals surface area contributed by atoms with Crippen LogP contribution >= 0.6 is 0 Å². The maximum atomic E-state index is 12.6. The van der Waals surface area contributed by atoms with E-state index in [0.29, 0.717) is 12.8 Å². The Kier molecular flexibility index (Phi) is 4.65. The number of piperidine rings is 1. The van der Waals surface area contributed by atoms with Gasteiger partial charge in [0, 0.05) is 44.4 Å². The number of hydrogen-bond donors (Lipinski definition) is 1. The number of amides is 2. The number of likely N-dealkylation sites (tertiary alicyclic amines) is 2. The number of carbonyl (C=O) groups is 2. The molecule has 2 amide bonds. The molecule has 3 heterocycles. The molecule has 3 rings (SSSR count). The van der Waals surface area contributed by atoms with Crippen LogP contribution in [0, 0.1) is 19.3 Å². The zero-order valence-electron chi connectivity index (χ0n) is 15.0. The number of nitrogens with one attached hydrogen (secondary N) is 1. The highest BCUT2D eigenvalue weighted by molar-refractivity contribution is 5.79. The summed E-state index contributed by atoms with van der Waals surface area (Å²) >= 11 is 0. The van der Waals surface area contributed by atoms with Gasteiger partial charge < -0.3 is 9.80 Å². The van der Waals surface area contributed by atoms with Crippen molar-refractivity contribution in [2.75, 3.05) is 26.7 Å². The average Bonchev–Trinajstić information content (AvgIpc) is 2.82. The fourth-order valence-corrected chi connectivity index (χ4v) is 4.05. The smallest absolute Gasteiger partial charge is 0.227 e. The molecule has 0 atom stereocenters. The van der Waals surface area contributed by atoms with Gasteiger partial charge in [-0.15, -0.1) is 0 Å². The number of H-pyrrole nitrogens is 1. The molecule has 2 aliphatic heterocycles. The minimum Gasteiger partial charge on any atom is -0.346 e. The maximum absolute atomic E-state index is 12.6. The first kappa shape index (κ1) is 17.0. The number of aromatic nitrogens is 2. The summed E-state index contributed by atoms with van der Waals surface area (Å²) in [6, 6.07) is 0. The van der Waals surface area contributed by atoms with E-state index >= 15 is 0 Å². The highest BCUT2D eigenvalue weighted by Crippen LogP contribution is 2.41. The summed E-state index contributed by atoms with van der Waals surface area (Å²) < 4.78 is 0. The van der Waals surface area contributed by atoms with E-state index in [-0.39, 0.29) is 17.2 Å². The fraction of sp³-hybridized carbons (Fsp3) is 0.722. The molecular weight excluding hydrogens is 304 g/mol. The second-order valence-corrected chi connectivity index (χ2v) is 7.54. The van der Waals surface area contributed by atoms with Gasteiger partial charge in [-0.2, -0.15) is 5.10 Å². The fourth-order valence-electron chi connectivity index (χ4n) is 4.05. The Hall–Kier alpha value is -1.85. The Morgan fingerprint density at radius 2 is 1.83 bits per heavy atom. The highest BCUT2D eigenvalue weighted by Gasteiger charge is 2.38. The van der Waals surface area contributed by atoms with Gasteiger partial charge in [0.25, 0.3) is 0 Å². The second-order valence-electron chi connectivity index (χ2n) is 7.54.